The fourth-order valence-corrected chi connectivity index (χ4v) is 1.62. The Morgan fingerprint density at radius 1 is 1.16 bits per heavy atom. The van der Waals surface area contributed by atoms with E-state index >= 15 is 0 Å². The van der Waals surface area contributed by atoms with Crippen LogP contribution in [-0.4, -0.2) is 56.5 Å². The zero-order chi connectivity index (χ0) is 13.9. The molecule has 1 rings (SSSR count). The van der Waals surface area contributed by atoms with Crippen molar-refractivity contribution in [2.75, 3.05) is 56.8 Å². The second kappa shape index (κ2) is 9.52. The molecule has 1 aromatic rings. The molecule has 0 aliphatic heterocycles. The molecule has 0 atom stereocenters. The van der Waals surface area contributed by atoms with Gasteiger partial charge in [-0.1, -0.05) is 0 Å². The van der Waals surface area contributed by atoms with Gasteiger partial charge >= 0.3 is 0 Å². The summed E-state index contributed by atoms with van der Waals surface area (Å²) >= 11 is 0. The Hall–Kier alpha value is -1.40. The summed E-state index contributed by atoms with van der Waals surface area (Å²) in [6.07, 6.45) is 1.75. The summed E-state index contributed by atoms with van der Waals surface area (Å²) in [5.41, 5.74) is 0. The van der Waals surface area contributed by atoms with Gasteiger partial charge in [0.15, 0.2) is 0 Å². The SMILES string of the molecule is CCOCCN(CCOCC)c1ccnc(NC)n1. The van der Waals surface area contributed by atoms with Gasteiger partial charge in [0.25, 0.3) is 0 Å². The Kier molecular flexibility index (Phi) is 7.84. The van der Waals surface area contributed by atoms with Crippen molar-refractivity contribution in [1.29, 1.82) is 0 Å². The zero-order valence-corrected chi connectivity index (χ0v) is 12.1. The van der Waals surface area contributed by atoms with Crippen molar-refractivity contribution < 1.29 is 9.47 Å². The maximum atomic E-state index is 5.41. The van der Waals surface area contributed by atoms with Crippen molar-refractivity contribution in [1.82, 2.24) is 9.97 Å². The summed E-state index contributed by atoms with van der Waals surface area (Å²) in [5.74, 6) is 1.51. The Morgan fingerprint density at radius 3 is 2.32 bits per heavy atom. The van der Waals surface area contributed by atoms with Crippen LogP contribution in [0.3, 0.4) is 0 Å². The Morgan fingerprint density at radius 2 is 1.79 bits per heavy atom. The standard InChI is InChI=1S/C13H24N4O2/c1-4-18-10-8-17(9-11-19-5-2)12-6-7-15-13(14-3)16-12/h6-7H,4-5,8-11H2,1-3H3,(H,14,15,16). The van der Waals surface area contributed by atoms with Crippen LogP contribution in [0.4, 0.5) is 11.8 Å². The molecule has 108 valence electrons. The lowest BCUT2D eigenvalue weighted by Crippen LogP contribution is -2.32. The molecule has 0 aliphatic carbocycles. The van der Waals surface area contributed by atoms with Gasteiger partial charge in [-0.2, -0.15) is 4.98 Å². The largest absolute Gasteiger partial charge is 0.380 e. The molecule has 0 amide bonds. The van der Waals surface area contributed by atoms with Gasteiger partial charge in [0, 0.05) is 39.5 Å². The van der Waals surface area contributed by atoms with Crippen molar-refractivity contribution in [3.63, 3.8) is 0 Å². The van der Waals surface area contributed by atoms with Crippen LogP contribution in [0.15, 0.2) is 12.3 Å². The number of hydrogen-bond donors (Lipinski definition) is 1. The number of nitrogens with one attached hydrogen (secondary N) is 1. The van der Waals surface area contributed by atoms with Gasteiger partial charge in [-0.15, -0.1) is 0 Å². The van der Waals surface area contributed by atoms with E-state index < -0.39 is 0 Å². The molecule has 6 heteroatoms. The summed E-state index contributed by atoms with van der Waals surface area (Å²) in [6, 6.07) is 1.90. The van der Waals surface area contributed by atoms with Gasteiger partial charge in [0.05, 0.1) is 13.2 Å². The van der Waals surface area contributed by atoms with Crippen LogP contribution in [0.1, 0.15) is 13.8 Å². The van der Waals surface area contributed by atoms with Crippen LogP contribution >= 0.6 is 0 Å². The molecule has 0 spiro atoms. The van der Waals surface area contributed by atoms with Crippen molar-refractivity contribution in [2.24, 2.45) is 0 Å². The van der Waals surface area contributed by atoms with E-state index in [9.17, 15) is 0 Å². The fourth-order valence-electron chi connectivity index (χ4n) is 1.62. The molecular weight excluding hydrogens is 244 g/mol. The van der Waals surface area contributed by atoms with Crippen molar-refractivity contribution >= 4 is 11.8 Å². The molecule has 1 heterocycles. The van der Waals surface area contributed by atoms with Gasteiger partial charge in [-0.05, 0) is 19.9 Å². The smallest absolute Gasteiger partial charge is 0.224 e. The number of hydrogen-bond acceptors (Lipinski definition) is 6. The minimum absolute atomic E-state index is 0.621. The highest BCUT2D eigenvalue weighted by Crippen LogP contribution is 2.11. The molecule has 1 aromatic heterocycles. The Bertz CT molecular complexity index is 339. The molecule has 0 unspecified atom stereocenters. The Balaban J connectivity index is 2.63. The highest BCUT2D eigenvalue weighted by Gasteiger charge is 2.08. The van der Waals surface area contributed by atoms with Gasteiger partial charge in [0.1, 0.15) is 5.82 Å². The summed E-state index contributed by atoms with van der Waals surface area (Å²) in [4.78, 5) is 10.7. The molecule has 0 fully saturated rings. The molecule has 0 radical (unpaired) electrons. The van der Waals surface area contributed by atoms with Crippen LogP contribution in [0.25, 0.3) is 0 Å². The molecule has 0 saturated carbocycles. The summed E-state index contributed by atoms with van der Waals surface area (Å²) in [6.45, 7) is 8.39. The number of nitrogens with zero attached hydrogens (tertiary/aromatic N) is 3. The first-order chi connectivity index (χ1) is 9.31. The highest BCUT2D eigenvalue weighted by atomic mass is 16.5. The number of ether oxygens (including phenoxy) is 2. The predicted octanol–water partition coefficient (Wildman–Crippen LogP) is 1.40. The number of anilines is 2. The van der Waals surface area contributed by atoms with E-state index in [2.05, 4.69) is 20.2 Å². The van der Waals surface area contributed by atoms with Gasteiger partial charge in [-0.3, -0.25) is 0 Å². The highest BCUT2D eigenvalue weighted by molar-refractivity contribution is 5.42. The van der Waals surface area contributed by atoms with Crippen molar-refractivity contribution in [2.45, 2.75) is 13.8 Å². The molecule has 0 aliphatic rings. The minimum atomic E-state index is 0.621. The third-order valence-corrected chi connectivity index (χ3v) is 2.61. The number of rotatable bonds is 10. The lowest BCUT2D eigenvalue weighted by atomic mass is 10.4. The third-order valence-electron chi connectivity index (χ3n) is 2.61. The predicted molar refractivity (Wildman–Crippen MR) is 76.8 cm³/mol. The monoisotopic (exact) mass is 268 g/mol. The molecular formula is C13H24N4O2. The first-order valence-electron chi connectivity index (χ1n) is 6.73. The quantitative estimate of drug-likeness (QED) is 0.647. The summed E-state index contributed by atoms with van der Waals surface area (Å²) < 4.78 is 10.8. The van der Waals surface area contributed by atoms with E-state index in [0.717, 1.165) is 32.1 Å². The van der Waals surface area contributed by atoms with Crippen LogP contribution in [0.2, 0.25) is 0 Å². The maximum absolute atomic E-state index is 5.41. The minimum Gasteiger partial charge on any atom is -0.380 e. The van der Waals surface area contributed by atoms with E-state index in [1.54, 1.807) is 6.20 Å². The molecule has 0 bridgehead atoms. The zero-order valence-electron chi connectivity index (χ0n) is 12.1. The lowest BCUT2D eigenvalue weighted by molar-refractivity contribution is 0.141. The van der Waals surface area contributed by atoms with E-state index in [0.29, 0.717) is 19.2 Å². The molecule has 0 saturated heterocycles. The first kappa shape index (κ1) is 15.7. The average Bonchev–Trinajstić information content (AvgIpc) is 2.46. The average molecular weight is 268 g/mol. The van der Waals surface area contributed by atoms with Gasteiger partial charge < -0.3 is 19.7 Å². The van der Waals surface area contributed by atoms with E-state index in [-0.39, 0.29) is 0 Å². The van der Waals surface area contributed by atoms with Crippen LogP contribution in [0.5, 0.6) is 0 Å². The molecule has 0 aromatic carbocycles. The first-order valence-corrected chi connectivity index (χ1v) is 6.73. The van der Waals surface area contributed by atoms with Gasteiger partial charge in [-0.25, -0.2) is 4.98 Å². The normalized spacial score (nSPS) is 10.5. The van der Waals surface area contributed by atoms with Crippen molar-refractivity contribution in [3.05, 3.63) is 12.3 Å². The lowest BCUT2D eigenvalue weighted by Gasteiger charge is -2.23. The van der Waals surface area contributed by atoms with Gasteiger partial charge in [0.2, 0.25) is 5.95 Å². The molecule has 6 nitrogen and oxygen atoms in total. The van der Waals surface area contributed by atoms with E-state index in [4.69, 9.17) is 9.47 Å². The summed E-state index contributed by atoms with van der Waals surface area (Å²) in [7, 11) is 1.81. The van der Waals surface area contributed by atoms with Crippen molar-refractivity contribution in [3.8, 4) is 0 Å². The second-order valence-electron chi connectivity index (χ2n) is 3.87. The summed E-state index contributed by atoms with van der Waals surface area (Å²) in [5, 5.41) is 2.95. The topological polar surface area (TPSA) is 59.5 Å². The Labute approximate surface area is 115 Å². The van der Waals surface area contributed by atoms with E-state index in [1.165, 1.54) is 0 Å². The molecule has 1 N–H and O–H groups in total. The van der Waals surface area contributed by atoms with Crippen LogP contribution in [0, 0.1) is 0 Å². The maximum Gasteiger partial charge on any atom is 0.224 e. The second-order valence-corrected chi connectivity index (χ2v) is 3.87. The fraction of sp³-hybridized carbons (Fsp3) is 0.692. The molecule has 19 heavy (non-hydrogen) atoms. The third kappa shape index (κ3) is 5.85. The van der Waals surface area contributed by atoms with Crippen LogP contribution in [-0.2, 0) is 9.47 Å². The van der Waals surface area contributed by atoms with E-state index in [1.807, 2.05) is 27.0 Å². The van der Waals surface area contributed by atoms with Crippen LogP contribution < -0.4 is 10.2 Å². The number of aromatic nitrogens is 2.